The van der Waals surface area contributed by atoms with E-state index in [0.717, 1.165) is 22.3 Å². The first-order valence-electron chi connectivity index (χ1n) is 7.84. The fourth-order valence-electron chi connectivity index (χ4n) is 2.83. The van der Waals surface area contributed by atoms with E-state index in [0.29, 0.717) is 11.4 Å². The molecule has 0 aliphatic heterocycles. The molecule has 7 heteroatoms. The number of aromatic nitrogens is 5. The summed E-state index contributed by atoms with van der Waals surface area (Å²) in [7, 11) is 1.98. The summed E-state index contributed by atoms with van der Waals surface area (Å²) < 4.78 is 3.64. The van der Waals surface area contributed by atoms with Crippen molar-refractivity contribution in [1.29, 1.82) is 0 Å². The van der Waals surface area contributed by atoms with Crippen LogP contribution in [0.5, 0.6) is 0 Å². The number of aryl methyl sites for hydroxylation is 2. The van der Waals surface area contributed by atoms with Crippen molar-refractivity contribution in [3.8, 4) is 5.69 Å². The summed E-state index contributed by atoms with van der Waals surface area (Å²) >= 11 is 0. The Morgan fingerprint density at radius 3 is 2.60 bits per heavy atom. The second-order valence-electron chi connectivity index (χ2n) is 5.80. The number of hydrogen-bond acceptors (Lipinski definition) is 4. The van der Waals surface area contributed by atoms with E-state index in [1.165, 1.54) is 0 Å². The van der Waals surface area contributed by atoms with Gasteiger partial charge in [0.05, 0.1) is 11.4 Å². The van der Waals surface area contributed by atoms with Gasteiger partial charge in [0.15, 0.2) is 5.82 Å². The van der Waals surface area contributed by atoms with Gasteiger partial charge in [-0.2, -0.15) is 4.68 Å². The number of hydrogen-bond donors (Lipinski definition) is 1. The van der Waals surface area contributed by atoms with Crippen molar-refractivity contribution in [2.75, 3.05) is 5.32 Å². The number of rotatable bonds is 3. The zero-order valence-electron chi connectivity index (χ0n) is 13.8. The number of nitrogens with one attached hydrogen (secondary N) is 1. The molecule has 2 heterocycles. The predicted molar refractivity (Wildman–Crippen MR) is 94.8 cm³/mol. The lowest BCUT2D eigenvalue weighted by Gasteiger charge is -2.08. The Balaban J connectivity index is 1.60. The Bertz CT molecular complexity index is 1060. The van der Waals surface area contributed by atoms with Gasteiger partial charge in [-0.25, -0.2) is 0 Å². The summed E-state index contributed by atoms with van der Waals surface area (Å²) in [5.41, 5.74) is 3.25. The van der Waals surface area contributed by atoms with Gasteiger partial charge >= 0.3 is 0 Å². The maximum absolute atomic E-state index is 12.6. The van der Waals surface area contributed by atoms with Crippen molar-refractivity contribution >= 4 is 22.5 Å². The minimum Gasteiger partial charge on any atom is -0.350 e. The molecule has 2 aromatic heterocycles. The minimum atomic E-state index is -0.156. The van der Waals surface area contributed by atoms with Gasteiger partial charge < -0.3 is 9.88 Å². The fourth-order valence-corrected chi connectivity index (χ4v) is 2.83. The topological polar surface area (TPSA) is 77.6 Å². The van der Waals surface area contributed by atoms with Crippen LogP contribution in [0.1, 0.15) is 16.2 Å². The molecule has 0 bridgehead atoms. The first kappa shape index (κ1) is 15.1. The van der Waals surface area contributed by atoms with Crippen LogP contribution in [0.15, 0.2) is 54.7 Å². The molecule has 0 radical (unpaired) electrons. The highest BCUT2D eigenvalue weighted by molar-refractivity contribution is 6.08. The monoisotopic (exact) mass is 332 g/mol. The highest BCUT2D eigenvalue weighted by Crippen LogP contribution is 2.24. The molecule has 0 aliphatic carbocycles. The van der Waals surface area contributed by atoms with E-state index >= 15 is 0 Å². The minimum absolute atomic E-state index is 0.156. The third-order valence-corrected chi connectivity index (χ3v) is 4.18. The van der Waals surface area contributed by atoms with Crippen molar-refractivity contribution in [3.63, 3.8) is 0 Å². The molecule has 4 rings (SSSR count). The first-order valence-corrected chi connectivity index (χ1v) is 7.84. The van der Waals surface area contributed by atoms with Crippen LogP contribution < -0.4 is 5.32 Å². The molecule has 25 heavy (non-hydrogen) atoms. The smallest absolute Gasteiger partial charge is 0.255 e. The quantitative estimate of drug-likeness (QED) is 0.626. The Morgan fingerprint density at radius 2 is 1.88 bits per heavy atom. The molecule has 4 aromatic rings. The third kappa shape index (κ3) is 2.65. The van der Waals surface area contributed by atoms with E-state index in [1.54, 1.807) is 16.8 Å². The highest BCUT2D eigenvalue weighted by atomic mass is 16.1. The molecule has 1 amide bonds. The van der Waals surface area contributed by atoms with E-state index < -0.39 is 0 Å². The van der Waals surface area contributed by atoms with Gasteiger partial charge in [0, 0.05) is 29.7 Å². The molecule has 7 nitrogen and oxygen atoms in total. The largest absolute Gasteiger partial charge is 0.350 e. The molecule has 0 spiro atoms. The number of carbonyl (C=O) groups is 1. The Labute approximate surface area is 143 Å². The Kier molecular flexibility index (Phi) is 3.53. The molecular formula is C18H16N6O. The maximum Gasteiger partial charge on any atom is 0.255 e. The number of benzene rings is 2. The average molecular weight is 332 g/mol. The van der Waals surface area contributed by atoms with Crippen LogP contribution in [-0.4, -0.2) is 30.7 Å². The molecule has 0 aliphatic rings. The highest BCUT2D eigenvalue weighted by Gasteiger charge is 2.10. The summed E-state index contributed by atoms with van der Waals surface area (Å²) in [6.07, 6.45) is 1.98. The van der Waals surface area contributed by atoms with Crippen LogP contribution in [0.2, 0.25) is 0 Å². The van der Waals surface area contributed by atoms with Crippen LogP contribution in [0.25, 0.3) is 16.6 Å². The average Bonchev–Trinajstić information content (AvgIpc) is 3.22. The molecule has 1 N–H and O–H groups in total. The standard InChI is InChI=1S/C18H16N6O/c1-12-20-21-22-24(12)14-8-6-13(7-9-14)18(25)19-16-4-3-5-17-15(16)10-11-23(17)2/h3-11H,1-2H3,(H,19,25). The third-order valence-electron chi connectivity index (χ3n) is 4.18. The second kappa shape index (κ2) is 5.86. The first-order chi connectivity index (χ1) is 12.1. The number of carbonyl (C=O) groups excluding carboxylic acids is 1. The Morgan fingerprint density at radius 1 is 1.08 bits per heavy atom. The summed E-state index contributed by atoms with van der Waals surface area (Å²) in [5.74, 6) is 0.532. The van der Waals surface area contributed by atoms with Gasteiger partial charge in [-0.1, -0.05) is 6.07 Å². The van der Waals surface area contributed by atoms with Crippen molar-refractivity contribution in [2.45, 2.75) is 6.92 Å². The van der Waals surface area contributed by atoms with Crippen LogP contribution in [0, 0.1) is 6.92 Å². The van der Waals surface area contributed by atoms with Gasteiger partial charge in [0.1, 0.15) is 0 Å². The van der Waals surface area contributed by atoms with Crippen LogP contribution in [0.3, 0.4) is 0 Å². The fraction of sp³-hybridized carbons (Fsp3) is 0.111. The molecular weight excluding hydrogens is 316 g/mol. The molecule has 0 atom stereocenters. The van der Waals surface area contributed by atoms with Crippen molar-refractivity contribution in [1.82, 2.24) is 24.8 Å². The normalized spacial score (nSPS) is 11.0. The van der Waals surface area contributed by atoms with Crippen LogP contribution in [-0.2, 0) is 7.05 Å². The predicted octanol–water partition coefficient (Wildman–Crippen LogP) is 2.71. The number of amides is 1. The summed E-state index contributed by atoms with van der Waals surface area (Å²) in [6.45, 7) is 1.82. The molecule has 124 valence electrons. The summed E-state index contributed by atoms with van der Waals surface area (Å²) in [5, 5.41) is 15.4. The van der Waals surface area contributed by atoms with Gasteiger partial charge in [-0.05, 0) is 59.8 Å². The van der Waals surface area contributed by atoms with E-state index in [2.05, 4.69) is 20.8 Å². The van der Waals surface area contributed by atoms with E-state index in [9.17, 15) is 4.79 Å². The number of nitrogens with zero attached hydrogens (tertiary/aromatic N) is 5. The van der Waals surface area contributed by atoms with Gasteiger partial charge in [-0.15, -0.1) is 5.10 Å². The number of anilines is 1. The van der Waals surface area contributed by atoms with E-state index in [1.807, 2.05) is 61.1 Å². The van der Waals surface area contributed by atoms with E-state index in [4.69, 9.17) is 0 Å². The lowest BCUT2D eigenvalue weighted by molar-refractivity contribution is 0.102. The lowest BCUT2D eigenvalue weighted by atomic mass is 10.1. The van der Waals surface area contributed by atoms with Gasteiger partial charge in [-0.3, -0.25) is 4.79 Å². The van der Waals surface area contributed by atoms with Gasteiger partial charge in [0.25, 0.3) is 5.91 Å². The summed E-state index contributed by atoms with van der Waals surface area (Å²) in [4.78, 5) is 12.6. The lowest BCUT2D eigenvalue weighted by Crippen LogP contribution is -2.12. The Hall–Kier alpha value is -3.48. The SMILES string of the molecule is Cc1nnnn1-c1ccc(C(=O)Nc2cccc3c2ccn3C)cc1. The molecule has 0 unspecified atom stereocenters. The zero-order valence-corrected chi connectivity index (χ0v) is 13.8. The molecule has 0 saturated heterocycles. The molecule has 0 saturated carbocycles. The van der Waals surface area contributed by atoms with Crippen LogP contribution in [0.4, 0.5) is 5.69 Å². The van der Waals surface area contributed by atoms with Crippen molar-refractivity contribution in [2.24, 2.45) is 7.05 Å². The molecule has 2 aromatic carbocycles. The number of tetrazole rings is 1. The van der Waals surface area contributed by atoms with E-state index in [-0.39, 0.29) is 5.91 Å². The maximum atomic E-state index is 12.6. The molecule has 0 fully saturated rings. The van der Waals surface area contributed by atoms with Crippen molar-refractivity contribution < 1.29 is 4.79 Å². The summed E-state index contributed by atoms with van der Waals surface area (Å²) in [6, 6.07) is 15.0. The number of fused-ring (bicyclic) bond motifs is 1. The second-order valence-corrected chi connectivity index (χ2v) is 5.80. The van der Waals surface area contributed by atoms with Crippen LogP contribution >= 0.6 is 0 Å². The van der Waals surface area contributed by atoms with Gasteiger partial charge in [0.2, 0.25) is 0 Å². The zero-order chi connectivity index (χ0) is 17.4. The van der Waals surface area contributed by atoms with Crippen molar-refractivity contribution in [3.05, 3.63) is 66.1 Å².